The molecular formula is C21H18N2O5. The topological polar surface area (TPSA) is 90.9 Å². The van der Waals surface area contributed by atoms with Crippen molar-refractivity contribution in [3.63, 3.8) is 0 Å². The Bertz CT molecular complexity index is 1020. The van der Waals surface area contributed by atoms with E-state index >= 15 is 0 Å². The molecule has 2 atom stereocenters. The molecule has 1 aromatic heterocycles. The molecule has 0 saturated carbocycles. The molecule has 0 aliphatic carbocycles. The van der Waals surface area contributed by atoms with Gasteiger partial charge in [0.05, 0.1) is 23.8 Å². The third-order valence-electron chi connectivity index (χ3n) is 4.47. The van der Waals surface area contributed by atoms with Crippen LogP contribution in [0.4, 0.5) is 0 Å². The van der Waals surface area contributed by atoms with E-state index in [1.165, 1.54) is 6.20 Å². The Labute approximate surface area is 161 Å². The number of esters is 2. The third kappa shape index (κ3) is 3.84. The minimum Gasteiger partial charge on any atom is -0.458 e. The van der Waals surface area contributed by atoms with Crippen molar-refractivity contribution < 1.29 is 23.8 Å². The van der Waals surface area contributed by atoms with Crippen LogP contribution in [0.2, 0.25) is 0 Å². The van der Waals surface area contributed by atoms with Gasteiger partial charge in [-0.25, -0.2) is 14.6 Å². The molecule has 0 spiro atoms. The van der Waals surface area contributed by atoms with E-state index in [1.807, 2.05) is 36.4 Å². The molecule has 1 saturated heterocycles. The van der Waals surface area contributed by atoms with Crippen LogP contribution in [0.3, 0.4) is 0 Å². The number of aromatic nitrogens is 2. The first-order valence-corrected chi connectivity index (χ1v) is 8.82. The van der Waals surface area contributed by atoms with Crippen molar-refractivity contribution in [3.05, 3.63) is 72.1 Å². The molecule has 0 unspecified atom stereocenters. The van der Waals surface area contributed by atoms with Gasteiger partial charge in [0.25, 0.3) is 0 Å². The highest BCUT2D eigenvalue weighted by Crippen LogP contribution is 2.33. The molecule has 2 heterocycles. The molecule has 3 aromatic rings. The molecule has 0 amide bonds. The minimum absolute atomic E-state index is 0.0174. The normalized spacial score (nSPS) is 19.0. The second-order valence-corrected chi connectivity index (χ2v) is 6.72. The van der Waals surface area contributed by atoms with Crippen molar-refractivity contribution in [1.82, 2.24) is 9.97 Å². The van der Waals surface area contributed by atoms with Gasteiger partial charge in [-0.3, -0.25) is 4.98 Å². The van der Waals surface area contributed by atoms with Gasteiger partial charge in [0.15, 0.2) is 5.69 Å². The summed E-state index contributed by atoms with van der Waals surface area (Å²) >= 11 is 0. The maximum atomic E-state index is 12.6. The van der Waals surface area contributed by atoms with Crippen molar-refractivity contribution in [2.45, 2.75) is 25.2 Å². The van der Waals surface area contributed by atoms with Gasteiger partial charge in [-0.2, -0.15) is 0 Å². The second kappa shape index (κ2) is 7.36. The molecular weight excluding hydrogens is 360 g/mol. The van der Waals surface area contributed by atoms with E-state index in [0.717, 1.165) is 5.56 Å². The lowest BCUT2D eigenvalue weighted by atomic mass is 10.1. The van der Waals surface area contributed by atoms with Crippen LogP contribution in [-0.4, -0.2) is 40.2 Å². The molecule has 0 bridgehead atoms. The molecule has 7 heteroatoms. The SMILES string of the molecule is C[C@@]1([C@H](OC(=O)c2cnc3ccccc3n2)C(=O)OCc2ccccc2)CO1. The van der Waals surface area contributed by atoms with Crippen molar-refractivity contribution in [3.8, 4) is 0 Å². The summed E-state index contributed by atoms with van der Waals surface area (Å²) in [6, 6.07) is 16.4. The minimum atomic E-state index is -1.18. The lowest BCUT2D eigenvalue weighted by molar-refractivity contribution is -0.159. The predicted molar refractivity (Wildman–Crippen MR) is 99.3 cm³/mol. The maximum absolute atomic E-state index is 12.6. The van der Waals surface area contributed by atoms with Gasteiger partial charge in [-0.05, 0) is 24.6 Å². The van der Waals surface area contributed by atoms with Crippen LogP contribution in [0, 0.1) is 0 Å². The lowest BCUT2D eigenvalue weighted by Crippen LogP contribution is -2.40. The average molecular weight is 378 g/mol. The number of epoxide rings is 1. The van der Waals surface area contributed by atoms with Crippen LogP contribution >= 0.6 is 0 Å². The van der Waals surface area contributed by atoms with Gasteiger partial charge in [-0.1, -0.05) is 42.5 Å². The Kier molecular flexibility index (Phi) is 4.75. The van der Waals surface area contributed by atoms with E-state index in [1.54, 1.807) is 25.1 Å². The molecule has 1 aliphatic rings. The molecule has 4 rings (SSSR count). The van der Waals surface area contributed by atoms with Crippen molar-refractivity contribution in [2.24, 2.45) is 0 Å². The Morgan fingerprint density at radius 3 is 2.50 bits per heavy atom. The zero-order valence-electron chi connectivity index (χ0n) is 15.2. The van der Waals surface area contributed by atoms with E-state index < -0.39 is 23.6 Å². The third-order valence-corrected chi connectivity index (χ3v) is 4.47. The van der Waals surface area contributed by atoms with Gasteiger partial charge in [0.2, 0.25) is 6.10 Å². The summed E-state index contributed by atoms with van der Waals surface area (Å²) in [6.45, 7) is 2.08. The number of hydrogen-bond acceptors (Lipinski definition) is 7. The number of hydrogen-bond donors (Lipinski definition) is 0. The van der Waals surface area contributed by atoms with Gasteiger partial charge >= 0.3 is 11.9 Å². The standard InChI is InChI=1S/C21H18N2O5/c1-21(13-27-21)18(20(25)26-12-14-7-3-2-4-8-14)28-19(24)17-11-22-15-9-5-6-10-16(15)23-17/h2-11,18H,12-13H2,1H3/t18-,21+/m1/s1. The van der Waals surface area contributed by atoms with Crippen molar-refractivity contribution in [2.75, 3.05) is 6.61 Å². The zero-order chi connectivity index (χ0) is 19.6. The van der Waals surface area contributed by atoms with Gasteiger partial charge < -0.3 is 14.2 Å². The summed E-state index contributed by atoms with van der Waals surface area (Å²) in [6.07, 6.45) is 0.143. The fraction of sp³-hybridized carbons (Fsp3) is 0.238. The first-order chi connectivity index (χ1) is 13.5. The zero-order valence-corrected chi connectivity index (χ0v) is 15.2. The van der Waals surface area contributed by atoms with Crippen LogP contribution in [0.1, 0.15) is 23.0 Å². The van der Waals surface area contributed by atoms with Crippen molar-refractivity contribution >= 4 is 23.0 Å². The van der Waals surface area contributed by atoms with Crippen LogP contribution < -0.4 is 0 Å². The highest BCUT2D eigenvalue weighted by Gasteiger charge is 2.54. The van der Waals surface area contributed by atoms with E-state index in [-0.39, 0.29) is 12.3 Å². The number of ether oxygens (including phenoxy) is 3. The lowest BCUT2D eigenvalue weighted by Gasteiger charge is -2.19. The quantitative estimate of drug-likeness (QED) is 0.481. The fourth-order valence-electron chi connectivity index (χ4n) is 2.71. The van der Waals surface area contributed by atoms with Crippen LogP contribution in [0.25, 0.3) is 11.0 Å². The number of benzene rings is 2. The highest BCUT2D eigenvalue weighted by molar-refractivity contribution is 5.91. The number of nitrogens with zero attached hydrogens (tertiary/aromatic N) is 2. The number of carbonyl (C=O) groups is 2. The Morgan fingerprint density at radius 1 is 1.11 bits per heavy atom. The van der Waals surface area contributed by atoms with Crippen LogP contribution in [0.15, 0.2) is 60.8 Å². The largest absolute Gasteiger partial charge is 0.458 e. The smallest absolute Gasteiger partial charge is 0.359 e. The molecule has 0 N–H and O–H groups in total. The molecule has 7 nitrogen and oxygen atoms in total. The summed E-state index contributed by atoms with van der Waals surface area (Å²) in [7, 11) is 0. The van der Waals surface area contributed by atoms with Gasteiger partial charge in [-0.15, -0.1) is 0 Å². The van der Waals surface area contributed by atoms with E-state index in [4.69, 9.17) is 14.2 Å². The van der Waals surface area contributed by atoms with E-state index in [9.17, 15) is 9.59 Å². The summed E-state index contributed by atoms with van der Waals surface area (Å²) in [5.74, 6) is -1.41. The first kappa shape index (κ1) is 18.1. The molecule has 2 aromatic carbocycles. The Balaban J connectivity index is 1.48. The Morgan fingerprint density at radius 2 is 1.79 bits per heavy atom. The molecule has 1 aliphatic heterocycles. The van der Waals surface area contributed by atoms with Gasteiger partial charge in [0.1, 0.15) is 12.2 Å². The van der Waals surface area contributed by atoms with E-state index in [2.05, 4.69) is 9.97 Å². The van der Waals surface area contributed by atoms with E-state index in [0.29, 0.717) is 17.6 Å². The van der Waals surface area contributed by atoms with Crippen molar-refractivity contribution in [1.29, 1.82) is 0 Å². The molecule has 142 valence electrons. The number of carbonyl (C=O) groups excluding carboxylic acids is 2. The van der Waals surface area contributed by atoms with Crippen LogP contribution in [0.5, 0.6) is 0 Å². The summed E-state index contributed by atoms with van der Waals surface area (Å²) in [5, 5.41) is 0. The second-order valence-electron chi connectivity index (χ2n) is 6.72. The molecule has 28 heavy (non-hydrogen) atoms. The van der Waals surface area contributed by atoms with Gasteiger partial charge in [0, 0.05) is 0 Å². The summed E-state index contributed by atoms with van der Waals surface area (Å²) in [4.78, 5) is 33.6. The number of rotatable bonds is 6. The fourth-order valence-corrected chi connectivity index (χ4v) is 2.71. The number of para-hydroxylation sites is 2. The average Bonchev–Trinajstić information content (AvgIpc) is 3.48. The summed E-state index contributed by atoms with van der Waals surface area (Å²) in [5.41, 5.74) is 1.18. The Hall–Kier alpha value is -3.32. The summed E-state index contributed by atoms with van der Waals surface area (Å²) < 4.78 is 16.1. The number of fused-ring (bicyclic) bond motifs is 1. The maximum Gasteiger partial charge on any atom is 0.359 e. The molecule has 1 fully saturated rings. The predicted octanol–water partition coefficient (Wildman–Crippen LogP) is 2.69. The van der Waals surface area contributed by atoms with Crippen LogP contribution in [-0.2, 0) is 25.6 Å². The monoisotopic (exact) mass is 378 g/mol. The first-order valence-electron chi connectivity index (χ1n) is 8.82. The molecule has 0 radical (unpaired) electrons. The highest BCUT2D eigenvalue weighted by atomic mass is 16.7.